The number of nitrogen functional groups attached to an aromatic ring is 1. The summed E-state index contributed by atoms with van der Waals surface area (Å²) in [5.74, 6) is -0.768. The monoisotopic (exact) mass is 282 g/mol. The highest BCUT2D eigenvalue weighted by Gasteiger charge is 2.50. The maximum Gasteiger partial charge on any atom is 0.239 e. The lowest BCUT2D eigenvalue weighted by Crippen LogP contribution is -2.51. The van der Waals surface area contributed by atoms with E-state index < -0.39 is 20.5 Å². The Kier molecular flexibility index (Phi) is 3.54. The van der Waals surface area contributed by atoms with Gasteiger partial charge in [0, 0.05) is 0 Å². The third-order valence-corrected chi connectivity index (χ3v) is 6.42. The molecule has 4 N–H and O–H groups in total. The van der Waals surface area contributed by atoms with Crippen LogP contribution in [0.1, 0.15) is 32.1 Å². The normalized spacial score (nSPS) is 18.9. The number of carbonyl (C=O) groups excluding carboxylic acids is 1. The molecular formula is C13H18N2O3S. The minimum Gasteiger partial charge on any atom is -0.398 e. The van der Waals surface area contributed by atoms with Crippen molar-refractivity contribution in [2.45, 2.75) is 41.7 Å². The molecule has 0 atom stereocenters. The Morgan fingerprint density at radius 3 is 2.21 bits per heavy atom. The zero-order chi connectivity index (χ0) is 14.1. The van der Waals surface area contributed by atoms with E-state index in [9.17, 15) is 13.2 Å². The summed E-state index contributed by atoms with van der Waals surface area (Å²) in [6.07, 6.45) is 2.86. The molecule has 0 saturated heterocycles. The van der Waals surface area contributed by atoms with Gasteiger partial charge in [-0.05, 0) is 25.0 Å². The topological polar surface area (TPSA) is 103 Å². The number of anilines is 1. The number of hydrogen-bond acceptors (Lipinski definition) is 4. The predicted molar refractivity (Wildman–Crippen MR) is 73.1 cm³/mol. The molecule has 1 fully saturated rings. The Morgan fingerprint density at radius 1 is 1.11 bits per heavy atom. The zero-order valence-corrected chi connectivity index (χ0v) is 11.4. The lowest BCUT2D eigenvalue weighted by molar-refractivity contribution is -0.121. The molecule has 1 saturated carbocycles. The Balaban J connectivity index is 2.59. The van der Waals surface area contributed by atoms with Gasteiger partial charge < -0.3 is 11.5 Å². The fourth-order valence-electron chi connectivity index (χ4n) is 2.71. The average Bonchev–Trinajstić information content (AvgIpc) is 2.39. The van der Waals surface area contributed by atoms with Gasteiger partial charge in [0.15, 0.2) is 14.6 Å². The van der Waals surface area contributed by atoms with Gasteiger partial charge in [-0.3, -0.25) is 4.79 Å². The minimum absolute atomic E-state index is 0.00991. The van der Waals surface area contributed by atoms with Crippen LogP contribution in [-0.4, -0.2) is 19.1 Å². The van der Waals surface area contributed by atoms with Crippen LogP contribution in [0.15, 0.2) is 29.2 Å². The molecular weight excluding hydrogens is 264 g/mol. The van der Waals surface area contributed by atoms with Crippen molar-refractivity contribution in [3.63, 3.8) is 0 Å². The van der Waals surface area contributed by atoms with Gasteiger partial charge >= 0.3 is 0 Å². The summed E-state index contributed by atoms with van der Waals surface area (Å²) in [6, 6.07) is 6.21. The lowest BCUT2D eigenvalue weighted by Gasteiger charge is -2.33. The van der Waals surface area contributed by atoms with Gasteiger partial charge in [-0.2, -0.15) is 0 Å². The van der Waals surface area contributed by atoms with Crippen molar-refractivity contribution < 1.29 is 13.2 Å². The van der Waals surface area contributed by atoms with E-state index in [0.717, 1.165) is 6.42 Å². The molecule has 0 bridgehead atoms. The van der Waals surface area contributed by atoms with Crippen LogP contribution in [0, 0.1) is 0 Å². The van der Waals surface area contributed by atoms with E-state index in [1.807, 2.05) is 0 Å². The first-order valence-corrected chi connectivity index (χ1v) is 7.79. The SMILES string of the molecule is NC(=O)C1(S(=O)(=O)c2ccccc2N)CCCCC1. The highest BCUT2D eigenvalue weighted by molar-refractivity contribution is 7.93. The predicted octanol–water partition coefficient (Wildman–Crippen LogP) is 1.23. The van der Waals surface area contributed by atoms with Crippen molar-refractivity contribution in [1.29, 1.82) is 0 Å². The third kappa shape index (κ3) is 2.10. The highest BCUT2D eigenvalue weighted by atomic mass is 32.2. The number of amides is 1. The highest BCUT2D eigenvalue weighted by Crippen LogP contribution is 2.40. The molecule has 1 amide bonds. The number of para-hydroxylation sites is 1. The Labute approximate surface area is 112 Å². The van der Waals surface area contributed by atoms with Crippen LogP contribution in [0.2, 0.25) is 0 Å². The van der Waals surface area contributed by atoms with Gasteiger partial charge in [0.25, 0.3) is 0 Å². The van der Waals surface area contributed by atoms with E-state index >= 15 is 0 Å². The second-order valence-electron chi connectivity index (χ2n) is 4.96. The van der Waals surface area contributed by atoms with Crippen molar-refractivity contribution in [1.82, 2.24) is 0 Å². The summed E-state index contributed by atoms with van der Waals surface area (Å²) in [7, 11) is -3.85. The van der Waals surface area contributed by atoms with E-state index in [2.05, 4.69) is 0 Å². The molecule has 5 nitrogen and oxygen atoms in total. The van der Waals surface area contributed by atoms with E-state index in [4.69, 9.17) is 11.5 Å². The molecule has 6 heteroatoms. The van der Waals surface area contributed by atoms with Crippen molar-refractivity contribution >= 4 is 21.4 Å². The zero-order valence-electron chi connectivity index (χ0n) is 10.6. The molecule has 2 rings (SSSR count). The number of primary amides is 1. The molecule has 1 aliphatic carbocycles. The largest absolute Gasteiger partial charge is 0.398 e. The summed E-state index contributed by atoms with van der Waals surface area (Å²) in [5, 5.41) is 0. The summed E-state index contributed by atoms with van der Waals surface area (Å²) in [6.45, 7) is 0. The summed E-state index contributed by atoms with van der Waals surface area (Å²) < 4.78 is 24.1. The number of rotatable bonds is 3. The Bertz CT molecular complexity index is 590. The van der Waals surface area contributed by atoms with E-state index in [1.165, 1.54) is 12.1 Å². The lowest BCUT2D eigenvalue weighted by atomic mass is 9.88. The minimum atomic E-state index is -3.85. The van der Waals surface area contributed by atoms with Gasteiger partial charge in [-0.1, -0.05) is 31.4 Å². The molecule has 0 unspecified atom stereocenters. The van der Waals surface area contributed by atoms with E-state index in [-0.39, 0.29) is 23.4 Å². The van der Waals surface area contributed by atoms with Gasteiger partial charge in [0.05, 0.1) is 10.6 Å². The molecule has 1 aromatic rings. The molecule has 0 spiro atoms. The second-order valence-corrected chi connectivity index (χ2v) is 7.19. The third-order valence-electron chi connectivity index (χ3n) is 3.83. The van der Waals surface area contributed by atoms with Crippen LogP contribution in [0.5, 0.6) is 0 Å². The fourth-order valence-corrected chi connectivity index (χ4v) is 4.85. The first-order valence-electron chi connectivity index (χ1n) is 6.31. The molecule has 104 valence electrons. The quantitative estimate of drug-likeness (QED) is 0.814. The molecule has 1 aliphatic rings. The van der Waals surface area contributed by atoms with Gasteiger partial charge in [-0.25, -0.2) is 8.42 Å². The van der Waals surface area contributed by atoms with Gasteiger partial charge in [0.2, 0.25) is 5.91 Å². The molecule has 0 aromatic heterocycles. The standard InChI is InChI=1S/C13H18N2O3S/c14-10-6-2-3-7-11(10)19(17,18)13(12(15)16)8-4-1-5-9-13/h2-3,6-7H,1,4-5,8-9,14H2,(H2,15,16). The van der Waals surface area contributed by atoms with Crippen molar-refractivity contribution in [3.05, 3.63) is 24.3 Å². The van der Waals surface area contributed by atoms with Crippen LogP contribution in [0.4, 0.5) is 5.69 Å². The summed E-state index contributed by atoms with van der Waals surface area (Å²) in [5.41, 5.74) is 11.3. The van der Waals surface area contributed by atoms with Crippen LogP contribution in [0.3, 0.4) is 0 Å². The average molecular weight is 282 g/mol. The van der Waals surface area contributed by atoms with Crippen LogP contribution in [-0.2, 0) is 14.6 Å². The maximum absolute atomic E-state index is 12.8. The number of nitrogens with two attached hydrogens (primary N) is 2. The number of hydrogen-bond donors (Lipinski definition) is 2. The number of carbonyl (C=O) groups is 1. The second kappa shape index (κ2) is 4.85. The number of sulfone groups is 1. The molecule has 0 aliphatic heterocycles. The van der Waals surface area contributed by atoms with Crippen LogP contribution >= 0.6 is 0 Å². The Hall–Kier alpha value is -1.56. The molecule has 19 heavy (non-hydrogen) atoms. The first kappa shape index (κ1) is 13.9. The van der Waals surface area contributed by atoms with E-state index in [0.29, 0.717) is 12.8 Å². The van der Waals surface area contributed by atoms with Crippen molar-refractivity contribution in [2.24, 2.45) is 5.73 Å². The van der Waals surface area contributed by atoms with Gasteiger partial charge in [-0.15, -0.1) is 0 Å². The maximum atomic E-state index is 12.8. The van der Waals surface area contributed by atoms with Crippen molar-refractivity contribution in [2.75, 3.05) is 5.73 Å². The summed E-state index contributed by atoms with van der Waals surface area (Å²) >= 11 is 0. The Morgan fingerprint density at radius 2 is 1.68 bits per heavy atom. The first-order chi connectivity index (χ1) is 8.92. The molecule has 1 aromatic carbocycles. The van der Waals surface area contributed by atoms with Crippen LogP contribution < -0.4 is 11.5 Å². The van der Waals surface area contributed by atoms with E-state index in [1.54, 1.807) is 12.1 Å². The summed E-state index contributed by atoms with van der Waals surface area (Å²) in [4.78, 5) is 11.8. The number of benzene rings is 1. The smallest absolute Gasteiger partial charge is 0.239 e. The van der Waals surface area contributed by atoms with Crippen molar-refractivity contribution in [3.8, 4) is 0 Å². The van der Waals surface area contributed by atoms with Crippen LogP contribution in [0.25, 0.3) is 0 Å². The fraction of sp³-hybridized carbons (Fsp3) is 0.462. The molecule has 0 heterocycles. The van der Waals surface area contributed by atoms with Gasteiger partial charge in [0.1, 0.15) is 0 Å². The molecule has 0 radical (unpaired) electrons.